The van der Waals surface area contributed by atoms with E-state index in [1.807, 2.05) is 28.8 Å². The van der Waals surface area contributed by atoms with Crippen molar-refractivity contribution in [2.24, 2.45) is 0 Å². The lowest BCUT2D eigenvalue weighted by molar-refractivity contribution is 0.866. The largest absolute Gasteiger partial charge is 0.323 e. The maximum Gasteiger partial charge on any atom is 0.247 e. The minimum atomic E-state index is 0.489. The Bertz CT molecular complexity index is 1060. The zero-order valence-electron chi connectivity index (χ0n) is 15.3. The van der Waals surface area contributed by atoms with Gasteiger partial charge in [-0.15, -0.1) is 5.10 Å². The van der Waals surface area contributed by atoms with Gasteiger partial charge in [0, 0.05) is 11.3 Å². The van der Waals surface area contributed by atoms with Crippen molar-refractivity contribution in [3.05, 3.63) is 77.9 Å². The second-order valence-electron chi connectivity index (χ2n) is 6.89. The number of pyridine rings is 1. The zero-order chi connectivity index (χ0) is 18.1. The molecule has 0 aliphatic rings. The highest BCUT2D eigenvalue weighted by Crippen LogP contribution is 2.25. The van der Waals surface area contributed by atoms with Gasteiger partial charge >= 0.3 is 0 Å². The van der Waals surface area contributed by atoms with E-state index in [0.717, 1.165) is 22.6 Å². The van der Waals surface area contributed by atoms with E-state index in [1.165, 1.54) is 11.1 Å². The number of rotatable bonds is 4. The summed E-state index contributed by atoms with van der Waals surface area (Å²) < 4.78 is 1.90. The first-order valence-electron chi connectivity index (χ1n) is 8.90. The van der Waals surface area contributed by atoms with Crippen LogP contribution >= 0.6 is 0 Å². The highest BCUT2D eigenvalue weighted by molar-refractivity contribution is 5.65. The molecule has 2 aromatic heterocycles. The molecule has 0 saturated carbocycles. The topological polar surface area (TPSA) is 42.2 Å². The highest BCUT2D eigenvalue weighted by atomic mass is 15.4. The van der Waals surface area contributed by atoms with Gasteiger partial charge in [-0.3, -0.25) is 0 Å². The number of aryl methyl sites for hydroxylation is 1. The van der Waals surface area contributed by atoms with Crippen LogP contribution in [0.3, 0.4) is 0 Å². The number of benzene rings is 2. The zero-order valence-corrected chi connectivity index (χ0v) is 15.3. The number of anilines is 2. The van der Waals surface area contributed by atoms with Crippen molar-refractivity contribution in [3.63, 3.8) is 0 Å². The second kappa shape index (κ2) is 6.64. The molecule has 0 fully saturated rings. The minimum absolute atomic E-state index is 0.489. The molecule has 0 aliphatic carbocycles. The quantitative estimate of drug-likeness (QED) is 0.527. The smallest absolute Gasteiger partial charge is 0.247 e. The maximum atomic E-state index is 4.68. The lowest BCUT2D eigenvalue weighted by atomic mass is 9.99. The Morgan fingerprint density at radius 2 is 1.73 bits per heavy atom. The van der Waals surface area contributed by atoms with Crippen LogP contribution in [-0.2, 0) is 0 Å². The molecule has 0 unspecified atom stereocenters. The van der Waals surface area contributed by atoms with E-state index in [4.69, 9.17) is 0 Å². The van der Waals surface area contributed by atoms with Gasteiger partial charge in [-0.05, 0) is 54.3 Å². The summed E-state index contributed by atoms with van der Waals surface area (Å²) in [4.78, 5) is 4.62. The summed E-state index contributed by atoms with van der Waals surface area (Å²) in [5.74, 6) is 1.09. The van der Waals surface area contributed by atoms with Crippen LogP contribution in [0.4, 0.5) is 11.6 Å². The van der Waals surface area contributed by atoms with E-state index in [2.05, 4.69) is 78.6 Å². The van der Waals surface area contributed by atoms with E-state index in [1.54, 1.807) is 0 Å². The number of hydrogen-bond acceptors (Lipinski definition) is 3. The van der Waals surface area contributed by atoms with Crippen LogP contribution in [-0.4, -0.2) is 14.6 Å². The molecule has 0 atom stereocenters. The standard InChI is InChI=1S/C22H22N4/c1-15(2)17-8-5-9-18(14-17)20-11-6-12-21-24-22(25-26(20)21)23-19-10-4-7-16(3)13-19/h4-15H,1-3H3,(H,23,25). The van der Waals surface area contributed by atoms with Crippen LogP contribution in [0.2, 0.25) is 0 Å². The summed E-state index contributed by atoms with van der Waals surface area (Å²) >= 11 is 0. The molecule has 0 radical (unpaired) electrons. The van der Waals surface area contributed by atoms with Gasteiger partial charge in [-0.1, -0.05) is 50.2 Å². The third kappa shape index (κ3) is 3.18. The molecule has 0 saturated heterocycles. The molecular weight excluding hydrogens is 320 g/mol. The Morgan fingerprint density at radius 1 is 0.923 bits per heavy atom. The molecule has 1 N–H and O–H groups in total. The number of aromatic nitrogens is 3. The lowest BCUT2D eigenvalue weighted by Gasteiger charge is -2.09. The van der Waals surface area contributed by atoms with Gasteiger partial charge in [-0.2, -0.15) is 4.98 Å². The molecule has 0 amide bonds. The van der Waals surface area contributed by atoms with E-state index >= 15 is 0 Å². The molecule has 26 heavy (non-hydrogen) atoms. The van der Waals surface area contributed by atoms with Gasteiger partial charge in [0.15, 0.2) is 5.65 Å². The number of nitrogens with zero attached hydrogens (tertiary/aromatic N) is 3. The molecule has 0 bridgehead atoms. The molecule has 4 heteroatoms. The van der Waals surface area contributed by atoms with Gasteiger partial charge in [-0.25, -0.2) is 4.52 Å². The van der Waals surface area contributed by atoms with Crippen molar-refractivity contribution >= 4 is 17.3 Å². The molecular formula is C22H22N4. The first-order chi connectivity index (χ1) is 12.6. The van der Waals surface area contributed by atoms with Crippen molar-refractivity contribution in [2.45, 2.75) is 26.7 Å². The van der Waals surface area contributed by atoms with Crippen LogP contribution in [0.25, 0.3) is 16.9 Å². The van der Waals surface area contributed by atoms with Crippen LogP contribution in [0.5, 0.6) is 0 Å². The summed E-state index contributed by atoms with van der Waals surface area (Å²) in [7, 11) is 0. The average Bonchev–Trinajstić information content (AvgIpc) is 3.04. The molecule has 4 aromatic rings. The number of hydrogen-bond donors (Lipinski definition) is 1. The van der Waals surface area contributed by atoms with Crippen LogP contribution < -0.4 is 5.32 Å². The molecule has 2 aromatic carbocycles. The summed E-state index contributed by atoms with van der Waals surface area (Å²) in [5.41, 5.74) is 6.52. The Morgan fingerprint density at radius 3 is 2.54 bits per heavy atom. The van der Waals surface area contributed by atoms with Crippen molar-refractivity contribution < 1.29 is 0 Å². The Hall–Kier alpha value is -3.14. The van der Waals surface area contributed by atoms with E-state index in [9.17, 15) is 0 Å². The van der Waals surface area contributed by atoms with Crippen molar-refractivity contribution in [3.8, 4) is 11.3 Å². The number of fused-ring (bicyclic) bond motifs is 1. The summed E-state index contributed by atoms with van der Waals surface area (Å²) in [5, 5.41) is 7.98. The summed E-state index contributed by atoms with van der Waals surface area (Å²) in [6, 6.07) is 22.9. The van der Waals surface area contributed by atoms with Gasteiger partial charge in [0.05, 0.1) is 5.69 Å². The van der Waals surface area contributed by atoms with Crippen LogP contribution in [0.15, 0.2) is 66.7 Å². The molecule has 4 rings (SSSR count). The molecule has 130 valence electrons. The predicted molar refractivity (Wildman–Crippen MR) is 107 cm³/mol. The van der Waals surface area contributed by atoms with Gasteiger partial charge in [0.1, 0.15) is 0 Å². The third-order valence-corrected chi connectivity index (χ3v) is 4.48. The van der Waals surface area contributed by atoms with Crippen LogP contribution in [0, 0.1) is 6.92 Å². The minimum Gasteiger partial charge on any atom is -0.323 e. The predicted octanol–water partition coefficient (Wildman–Crippen LogP) is 5.57. The fourth-order valence-corrected chi connectivity index (χ4v) is 3.09. The fraction of sp³-hybridized carbons (Fsp3) is 0.182. The highest BCUT2D eigenvalue weighted by Gasteiger charge is 2.10. The Labute approximate surface area is 153 Å². The molecule has 0 aliphatic heterocycles. The first kappa shape index (κ1) is 16.3. The van der Waals surface area contributed by atoms with E-state index in [0.29, 0.717) is 11.9 Å². The van der Waals surface area contributed by atoms with Crippen molar-refractivity contribution in [1.82, 2.24) is 14.6 Å². The normalized spacial score (nSPS) is 11.2. The molecule has 2 heterocycles. The summed E-state index contributed by atoms with van der Waals surface area (Å²) in [6.45, 7) is 6.49. The fourth-order valence-electron chi connectivity index (χ4n) is 3.09. The Kier molecular flexibility index (Phi) is 4.17. The molecule has 0 spiro atoms. The molecule has 4 nitrogen and oxygen atoms in total. The lowest BCUT2D eigenvalue weighted by Crippen LogP contribution is -1.96. The monoisotopic (exact) mass is 342 g/mol. The third-order valence-electron chi connectivity index (χ3n) is 4.48. The average molecular weight is 342 g/mol. The van der Waals surface area contributed by atoms with Gasteiger partial charge in [0.25, 0.3) is 0 Å². The van der Waals surface area contributed by atoms with Crippen molar-refractivity contribution in [2.75, 3.05) is 5.32 Å². The van der Waals surface area contributed by atoms with Crippen LogP contribution in [0.1, 0.15) is 30.9 Å². The van der Waals surface area contributed by atoms with Gasteiger partial charge < -0.3 is 5.32 Å². The first-order valence-corrected chi connectivity index (χ1v) is 8.90. The second-order valence-corrected chi connectivity index (χ2v) is 6.89. The maximum absolute atomic E-state index is 4.68. The SMILES string of the molecule is Cc1cccc(Nc2nc3cccc(-c4cccc(C(C)C)c4)n3n2)c1. The van der Waals surface area contributed by atoms with Gasteiger partial charge in [0.2, 0.25) is 5.95 Å². The number of nitrogens with one attached hydrogen (secondary N) is 1. The van der Waals surface area contributed by atoms with E-state index in [-0.39, 0.29) is 0 Å². The Balaban J connectivity index is 1.75. The van der Waals surface area contributed by atoms with Crippen molar-refractivity contribution in [1.29, 1.82) is 0 Å². The van der Waals surface area contributed by atoms with E-state index < -0.39 is 0 Å². The summed E-state index contributed by atoms with van der Waals surface area (Å²) in [6.07, 6.45) is 0.